The first-order chi connectivity index (χ1) is 70.4. The van der Waals surface area contributed by atoms with Crippen molar-refractivity contribution in [1.82, 2.24) is 56.0 Å². The number of carbonyl (C=O) groups is 10. The second-order valence-corrected chi connectivity index (χ2v) is 36.2. The van der Waals surface area contributed by atoms with Crippen LogP contribution in [0.4, 0.5) is 15.3 Å². The molecular formula is C107H130N12O26. The van der Waals surface area contributed by atoms with Gasteiger partial charge in [0.2, 0.25) is 35.1 Å². The van der Waals surface area contributed by atoms with Gasteiger partial charge in [-0.05, 0) is 173 Å². The van der Waals surface area contributed by atoms with Crippen molar-refractivity contribution >= 4 is 76.2 Å². The van der Waals surface area contributed by atoms with E-state index in [-0.39, 0.29) is 118 Å². The Hall–Kier alpha value is -13.5. The molecule has 0 unspecified atom stereocenters. The van der Waals surface area contributed by atoms with Crippen LogP contribution in [0, 0.1) is 11.8 Å². The molecule has 9 aromatic rings. The normalized spacial score (nSPS) is 15.7. The van der Waals surface area contributed by atoms with Crippen molar-refractivity contribution in [2.45, 2.75) is 160 Å². The summed E-state index contributed by atoms with van der Waals surface area (Å²) in [5.74, 6) is -2.92. The van der Waals surface area contributed by atoms with E-state index in [1.165, 1.54) is 17.1 Å². The molecule has 3 atom stereocenters. The molecule has 3 aromatic heterocycles. The number of nitrogens with zero attached hydrogens (tertiary/aromatic N) is 6. The van der Waals surface area contributed by atoms with Gasteiger partial charge in [0.1, 0.15) is 61.3 Å². The molecule has 7 amide bonds. The highest BCUT2D eigenvalue weighted by Crippen LogP contribution is 2.44. The Bertz CT molecular complexity index is 5840. The number of carbonyl (C=O) groups excluding carboxylic acids is 10. The van der Waals surface area contributed by atoms with Crippen LogP contribution < -0.4 is 46.9 Å². The van der Waals surface area contributed by atoms with Crippen molar-refractivity contribution in [3.8, 4) is 22.9 Å². The molecule has 145 heavy (non-hydrogen) atoms. The van der Waals surface area contributed by atoms with Gasteiger partial charge in [-0.1, -0.05) is 134 Å². The molecule has 1 aliphatic carbocycles. The van der Waals surface area contributed by atoms with Crippen LogP contribution in [-0.4, -0.2) is 252 Å². The van der Waals surface area contributed by atoms with Crippen LogP contribution in [0.15, 0.2) is 187 Å². The van der Waals surface area contributed by atoms with Crippen LogP contribution in [0.1, 0.15) is 142 Å². The summed E-state index contributed by atoms with van der Waals surface area (Å²) >= 11 is 0. The van der Waals surface area contributed by atoms with Gasteiger partial charge in [0, 0.05) is 59.8 Å². The SMILES string of the molecule is CCc1c2c(nc3ccc(OC(=O)OC(C)(C)C)cc13)-c1cc3c(c(=O)n1C2)COC(=O)[C@@]3(CC)OC(=O)OCc1ccc(NC(=O)[C@H](CCCCNC(c2ccccc2)(c2ccccc2)c2ccc(OC)cc2)NC(=O)[C@H](Cc2ccccc2)NC(=O)COCC(=O)NCCOCCOCCOCCOCCOCCOCCOCCOCCn2cc(CNC(=O)C3CCC(CN4C(=O)C=CC4=O)CC3)nn2)cc1. The van der Waals surface area contributed by atoms with E-state index in [0.29, 0.717) is 188 Å². The molecule has 4 aliphatic rings. The smallest absolute Gasteiger partial charge is 0.497 e. The first kappa shape index (κ1) is 109. The average molecular weight is 2000 g/mol. The summed E-state index contributed by atoms with van der Waals surface area (Å²) in [6, 6.07) is 47.7. The fourth-order valence-electron chi connectivity index (χ4n) is 17.6. The number of methoxy groups -OCH3 is 1. The third kappa shape index (κ3) is 31.3. The molecule has 1 saturated carbocycles. The Morgan fingerprint density at radius 3 is 1.76 bits per heavy atom. The van der Waals surface area contributed by atoms with Crippen LogP contribution >= 0.6 is 0 Å². The van der Waals surface area contributed by atoms with Gasteiger partial charge in [-0.25, -0.2) is 24.0 Å². The zero-order valence-electron chi connectivity index (χ0n) is 82.9. The molecule has 6 N–H and O–H groups in total. The fourth-order valence-corrected chi connectivity index (χ4v) is 17.6. The Morgan fingerprint density at radius 1 is 0.572 bits per heavy atom. The predicted octanol–water partition coefficient (Wildman–Crippen LogP) is 10.1. The second-order valence-electron chi connectivity index (χ2n) is 36.2. The summed E-state index contributed by atoms with van der Waals surface area (Å²) in [5.41, 5.74) is 4.16. The molecule has 0 saturated heterocycles. The van der Waals surface area contributed by atoms with E-state index in [1.54, 1.807) is 123 Å². The van der Waals surface area contributed by atoms with Gasteiger partial charge in [-0.3, -0.25) is 48.6 Å². The van der Waals surface area contributed by atoms with E-state index in [0.717, 1.165) is 40.7 Å². The number of amides is 7. The number of aryl methyl sites for hydroxylation is 1. The van der Waals surface area contributed by atoms with Crippen molar-refractivity contribution in [2.24, 2.45) is 11.8 Å². The second kappa shape index (κ2) is 55.0. The molecule has 6 aromatic carbocycles. The van der Waals surface area contributed by atoms with Crippen LogP contribution in [0.2, 0.25) is 0 Å². The number of hydrogen-bond donors (Lipinski definition) is 6. The van der Waals surface area contributed by atoms with E-state index in [2.05, 4.69) is 66.5 Å². The lowest BCUT2D eigenvalue weighted by atomic mass is 9.77. The summed E-state index contributed by atoms with van der Waals surface area (Å²) in [6.45, 7) is 14.7. The number of unbranched alkanes of at least 4 members (excludes halogenated alkanes) is 1. The molecule has 774 valence electrons. The molecule has 0 bridgehead atoms. The molecule has 3 aliphatic heterocycles. The number of cyclic esters (lactones) is 1. The summed E-state index contributed by atoms with van der Waals surface area (Å²) in [5, 5.41) is 27.2. The zero-order valence-corrected chi connectivity index (χ0v) is 82.9. The van der Waals surface area contributed by atoms with Gasteiger partial charge in [0.15, 0.2) is 0 Å². The summed E-state index contributed by atoms with van der Waals surface area (Å²) < 4.78 is 87.4. The number of anilines is 1. The number of esters is 1. The van der Waals surface area contributed by atoms with Crippen molar-refractivity contribution in [1.29, 1.82) is 0 Å². The lowest BCUT2D eigenvalue weighted by molar-refractivity contribution is -0.175. The minimum absolute atomic E-state index is 0.0177. The molecular weight excluding hydrogens is 1870 g/mol. The number of pyridine rings is 2. The maximum absolute atomic E-state index is 14.9. The Balaban J connectivity index is 0.512. The topological polar surface area (TPSA) is 450 Å². The van der Waals surface area contributed by atoms with Gasteiger partial charge in [-0.2, -0.15) is 0 Å². The number of rotatable bonds is 59. The summed E-state index contributed by atoms with van der Waals surface area (Å²) in [7, 11) is 1.62. The third-order valence-corrected chi connectivity index (χ3v) is 25.0. The van der Waals surface area contributed by atoms with E-state index < -0.39 is 89.5 Å². The van der Waals surface area contributed by atoms with Crippen molar-refractivity contribution in [2.75, 3.05) is 151 Å². The molecule has 0 radical (unpaired) electrons. The first-order valence-corrected chi connectivity index (χ1v) is 49.3. The Kier molecular flexibility index (Phi) is 41.2. The lowest BCUT2D eigenvalue weighted by Crippen LogP contribution is -2.54. The molecule has 6 heterocycles. The summed E-state index contributed by atoms with van der Waals surface area (Å²) in [4.78, 5) is 155. The molecule has 13 rings (SSSR count). The van der Waals surface area contributed by atoms with Crippen molar-refractivity contribution in [3.05, 3.63) is 248 Å². The number of hydrogen-bond acceptors (Lipinski definition) is 30. The predicted molar refractivity (Wildman–Crippen MR) is 530 cm³/mol. The number of fused-ring (bicyclic) bond motifs is 5. The minimum atomic E-state index is -2.10. The first-order valence-electron chi connectivity index (χ1n) is 49.3. The van der Waals surface area contributed by atoms with Gasteiger partial charge < -0.3 is 102 Å². The number of imide groups is 1. The highest BCUT2D eigenvalue weighted by Gasteiger charge is 2.51. The van der Waals surface area contributed by atoms with E-state index in [4.69, 9.17) is 76.0 Å². The quantitative estimate of drug-likeness (QED) is 0.00515. The van der Waals surface area contributed by atoms with Gasteiger partial charge in [0.05, 0.1) is 167 Å². The zero-order chi connectivity index (χ0) is 102. The van der Waals surface area contributed by atoms with Crippen molar-refractivity contribution < 1.29 is 119 Å². The number of aromatic nitrogens is 5. The van der Waals surface area contributed by atoms with Crippen LogP contribution in [-0.2, 0) is 157 Å². The van der Waals surface area contributed by atoms with Gasteiger partial charge in [0.25, 0.3) is 17.4 Å². The number of ether oxygens (including phenoxy) is 15. The Labute approximate surface area is 841 Å². The molecule has 38 heteroatoms. The Morgan fingerprint density at radius 2 is 1.16 bits per heavy atom. The molecule has 1 fully saturated rings. The lowest BCUT2D eigenvalue weighted by Gasteiger charge is -2.37. The highest BCUT2D eigenvalue weighted by atomic mass is 16.7. The number of nitrogens with one attached hydrogen (secondary N) is 6. The molecule has 38 nitrogen and oxygen atoms in total. The summed E-state index contributed by atoms with van der Waals surface area (Å²) in [6.07, 6.45) is 6.70. The van der Waals surface area contributed by atoms with E-state index >= 15 is 0 Å². The number of benzene rings is 6. The fraction of sp³-hybridized carbons (Fsp3) is 0.458. The van der Waals surface area contributed by atoms with Crippen LogP contribution in [0.25, 0.3) is 22.3 Å². The maximum Gasteiger partial charge on any atom is 0.514 e. The average Bonchev–Trinajstić information content (AvgIpc) is 1.59. The van der Waals surface area contributed by atoms with Gasteiger partial charge >= 0.3 is 18.3 Å². The van der Waals surface area contributed by atoms with Crippen LogP contribution in [0.3, 0.4) is 0 Å². The van der Waals surface area contributed by atoms with Crippen LogP contribution in [0.5, 0.6) is 11.5 Å². The third-order valence-electron chi connectivity index (χ3n) is 25.0. The van der Waals surface area contributed by atoms with E-state index in [9.17, 15) is 52.7 Å². The highest BCUT2D eigenvalue weighted by molar-refractivity contribution is 6.13. The minimum Gasteiger partial charge on any atom is -0.497 e. The monoisotopic (exact) mass is 2000 g/mol. The molecule has 0 spiro atoms. The maximum atomic E-state index is 14.9. The standard InChI is InChI=1S/C107H130N12O26/c1-7-84-85-63-83(143-104(130)144-105(3,4)5)39-40-89(85)113-97-86(84)68-118-92(97)64-88-87(101(118)127)70-141-102(128)106(88,8-2)145-103(129)142-69-75-29-35-80(36-30-75)111-99(125)90(26-18-19-43-110-107(77-22-14-10-15-23-77,78-24-16-11-17-25-78)79-33-37-82(131-6)38-34-79)114-100(126)91(62-73-20-12-9-13-21-73)112-94(121)72-140-71-93(120)108-44-46-132-48-50-134-52-54-136-56-58-138-60-61-139-59-57-137-55-53-135-51-49-133-47-45-117-67-81(115-116-117)65-109-98(124)76-31-27-74(28-32-76)66-119-95(122)41-42-96(119)123/h9-17,20-25,29-30,33-42,63-64,67,74,76,90-91,110H,7-8,18-19,26-28,31-32,43-62,65-66,68-72H2,1-6H3,(H,108,120)(H,109,124)(H,111,125)(H,112,121)(H,114,126)/t74?,76?,90-,91-,106-/m0/s1. The van der Waals surface area contributed by atoms with Crippen molar-refractivity contribution in [3.63, 3.8) is 0 Å². The van der Waals surface area contributed by atoms with E-state index in [1.807, 2.05) is 73.7 Å². The largest absolute Gasteiger partial charge is 0.514 e. The van der Waals surface area contributed by atoms with Gasteiger partial charge in [-0.15, -0.1) is 5.10 Å².